The van der Waals surface area contributed by atoms with E-state index in [9.17, 15) is 24.8 Å². The van der Waals surface area contributed by atoms with Gasteiger partial charge in [0.15, 0.2) is 5.75 Å². The summed E-state index contributed by atoms with van der Waals surface area (Å²) in [6, 6.07) is 10.7. The summed E-state index contributed by atoms with van der Waals surface area (Å²) in [5.74, 6) is -2.68. The number of nitro benzene ring substituents is 1. The second kappa shape index (κ2) is 7.59. The van der Waals surface area contributed by atoms with Crippen molar-refractivity contribution in [1.29, 1.82) is 5.26 Å². The van der Waals surface area contributed by atoms with Gasteiger partial charge in [0, 0.05) is 6.07 Å². The van der Waals surface area contributed by atoms with E-state index in [0.717, 1.165) is 18.2 Å². The maximum Gasteiger partial charge on any atom is 0.337 e. The summed E-state index contributed by atoms with van der Waals surface area (Å²) in [7, 11) is 0. The number of amides is 1. The van der Waals surface area contributed by atoms with Gasteiger partial charge < -0.3 is 15.5 Å². The van der Waals surface area contributed by atoms with Crippen LogP contribution in [0, 0.1) is 21.4 Å². The van der Waals surface area contributed by atoms with Gasteiger partial charge in [0.05, 0.1) is 16.2 Å². The number of hydrogen-bond donors (Lipinski definition) is 3. The van der Waals surface area contributed by atoms with Crippen LogP contribution in [-0.4, -0.2) is 27.0 Å². The molecule has 0 saturated carbocycles. The van der Waals surface area contributed by atoms with Gasteiger partial charge >= 0.3 is 11.7 Å². The first-order valence-electron chi connectivity index (χ1n) is 7.06. The van der Waals surface area contributed by atoms with E-state index in [-0.39, 0.29) is 16.8 Å². The Morgan fingerprint density at radius 1 is 1.23 bits per heavy atom. The van der Waals surface area contributed by atoms with E-state index in [0.29, 0.717) is 0 Å². The zero-order valence-corrected chi connectivity index (χ0v) is 13.0. The van der Waals surface area contributed by atoms with Gasteiger partial charge in [-0.15, -0.1) is 0 Å². The molecule has 0 atom stereocenters. The number of carboxylic acids is 1. The SMILES string of the molecule is N#CC(=Cc1ccc(O)c([N+](=O)[O-])c1)C(=O)Nc1ccccc1C(=O)O. The Morgan fingerprint density at radius 3 is 2.54 bits per heavy atom. The van der Waals surface area contributed by atoms with Gasteiger partial charge in [-0.25, -0.2) is 4.79 Å². The number of rotatable bonds is 5. The number of nitrogens with one attached hydrogen (secondary N) is 1. The van der Waals surface area contributed by atoms with Crippen molar-refractivity contribution in [2.45, 2.75) is 0 Å². The quantitative estimate of drug-likeness (QED) is 0.323. The molecule has 130 valence electrons. The maximum atomic E-state index is 12.2. The first kappa shape index (κ1) is 18.2. The number of phenolic OH excluding ortho intramolecular Hbond substituents is 1. The van der Waals surface area contributed by atoms with E-state index in [1.807, 2.05) is 0 Å². The fraction of sp³-hybridized carbons (Fsp3) is 0. The Kier molecular flexibility index (Phi) is 5.30. The number of phenols is 1. The molecule has 0 fully saturated rings. The monoisotopic (exact) mass is 353 g/mol. The minimum atomic E-state index is -1.25. The first-order chi connectivity index (χ1) is 12.3. The third-order valence-corrected chi connectivity index (χ3v) is 3.28. The predicted octanol–water partition coefficient (Wildman–Crippen LogP) is 2.54. The third kappa shape index (κ3) is 4.01. The third-order valence-electron chi connectivity index (χ3n) is 3.28. The molecule has 0 aliphatic carbocycles. The van der Waals surface area contributed by atoms with Gasteiger partial charge in [-0.3, -0.25) is 14.9 Å². The molecule has 0 aliphatic heterocycles. The minimum Gasteiger partial charge on any atom is -0.502 e. The molecule has 0 unspecified atom stereocenters. The lowest BCUT2D eigenvalue weighted by Crippen LogP contribution is -2.16. The summed E-state index contributed by atoms with van der Waals surface area (Å²) >= 11 is 0. The molecule has 0 spiro atoms. The molecule has 26 heavy (non-hydrogen) atoms. The van der Waals surface area contributed by atoms with Crippen LogP contribution in [0.15, 0.2) is 48.0 Å². The number of nitriles is 1. The molecule has 0 aromatic heterocycles. The molecule has 0 radical (unpaired) electrons. The van der Waals surface area contributed by atoms with Crippen LogP contribution >= 0.6 is 0 Å². The summed E-state index contributed by atoms with van der Waals surface area (Å²) in [6.07, 6.45) is 1.09. The van der Waals surface area contributed by atoms with Crippen LogP contribution in [0.4, 0.5) is 11.4 Å². The molecule has 2 rings (SSSR count). The molecule has 0 bridgehead atoms. The number of carbonyl (C=O) groups is 2. The Hall–Kier alpha value is -4.19. The van der Waals surface area contributed by atoms with Crippen LogP contribution in [0.5, 0.6) is 5.75 Å². The number of benzene rings is 2. The van der Waals surface area contributed by atoms with Crippen molar-refractivity contribution in [3.63, 3.8) is 0 Å². The fourth-order valence-corrected chi connectivity index (χ4v) is 2.06. The molecule has 2 aromatic carbocycles. The van der Waals surface area contributed by atoms with E-state index < -0.39 is 33.8 Å². The van der Waals surface area contributed by atoms with Crippen LogP contribution in [0.3, 0.4) is 0 Å². The van der Waals surface area contributed by atoms with Crippen molar-refractivity contribution in [1.82, 2.24) is 0 Å². The van der Waals surface area contributed by atoms with E-state index >= 15 is 0 Å². The number of aromatic carboxylic acids is 1. The Balaban J connectivity index is 2.34. The molecule has 3 N–H and O–H groups in total. The minimum absolute atomic E-state index is 0.00263. The summed E-state index contributed by atoms with van der Waals surface area (Å²) in [5.41, 5.74) is -0.980. The summed E-state index contributed by atoms with van der Waals surface area (Å²) in [4.78, 5) is 33.4. The van der Waals surface area contributed by atoms with E-state index in [2.05, 4.69) is 5.32 Å². The highest BCUT2D eigenvalue weighted by Crippen LogP contribution is 2.27. The Morgan fingerprint density at radius 2 is 1.92 bits per heavy atom. The Bertz CT molecular complexity index is 975. The van der Waals surface area contributed by atoms with Gasteiger partial charge in [0.1, 0.15) is 11.6 Å². The molecule has 0 saturated heterocycles. The fourth-order valence-electron chi connectivity index (χ4n) is 2.06. The van der Waals surface area contributed by atoms with Crippen molar-refractivity contribution in [3.8, 4) is 11.8 Å². The molecular weight excluding hydrogens is 342 g/mol. The molecule has 0 heterocycles. The number of anilines is 1. The van der Waals surface area contributed by atoms with Gasteiger partial charge in [-0.1, -0.05) is 18.2 Å². The van der Waals surface area contributed by atoms with Crippen molar-refractivity contribution >= 4 is 29.3 Å². The lowest BCUT2D eigenvalue weighted by atomic mass is 10.1. The number of nitro groups is 1. The summed E-state index contributed by atoms with van der Waals surface area (Å²) in [5, 5.41) is 40.8. The molecule has 9 nitrogen and oxygen atoms in total. The van der Waals surface area contributed by atoms with Crippen LogP contribution in [0.1, 0.15) is 15.9 Å². The summed E-state index contributed by atoms with van der Waals surface area (Å²) in [6.45, 7) is 0. The van der Waals surface area contributed by atoms with Crippen LogP contribution < -0.4 is 5.32 Å². The van der Waals surface area contributed by atoms with Gasteiger partial charge in [0.25, 0.3) is 5.91 Å². The van der Waals surface area contributed by atoms with Crippen LogP contribution in [0.25, 0.3) is 6.08 Å². The molecule has 0 aliphatic rings. The number of carbonyl (C=O) groups excluding carboxylic acids is 1. The lowest BCUT2D eigenvalue weighted by molar-refractivity contribution is -0.385. The molecule has 9 heteroatoms. The van der Waals surface area contributed by atoms with Gasteiger partial charge in [-0.2, -0.15) is 5.26 Å². The second-order valence-corrected chi connectivity index (χ2v) is 4.98. The highest BCUT2D eigenvalue weighted by atomic mass is 16.6. The van der Waals surface area contributed by atoms with E-state index in [1.165, 1.54) is 30.3 Å². The average Bonchev–Trinajstić information content (AvgIpc) is 2.60. The number of hydrogen-bond acceptors (Lipinski definition) is 6. The van der Waals surface area contributed by atoms with Crippen molar-refractivity contribution in [2.75, 3.05) is 5.32 Å². The second-order valence-electron chi connectivity index (χ2n) is 4.98. The molecular formula is C17H11N3O6. The standard InChI is InChI=1S/C17H11N3O6/c18-9-11(7-10-5-6-15(21)14(8-10)20(25)26)16(22)19-13-4-2-1-3-12(13)17(23)24/h1-8,21H,(H,19,22)(H,23,24). The maximum absolute atomic E-state index is 12.2. The average molecular weight is 353 g/mol. The number of carboxylic acid groups (broad SMARTS) is 1. The largest absolute Gasteiger partial charge is 0.502 e. The van der Waals surface area contributed by atoms with Crippen LogP contribution in [0.2, 0.25) is 0 Å². The smallest absolute Gasteiger partial charge is 0.337 e. The first-order valence-corrected chi connectivity index (χ1v) is 7.06. The zero-order chi connectivity index (χ0) is 19.3. The topological polar surface area (TPSA) is 154 Å². The number of aromatic hydroxyl groups is 1. The van der Waals surface area contributed by atoms with Crippen LogP contribution in [-0.2, 0) is 4.79 Å². The van der Waals surface area contributed by atoms with Crippen molar-refractivity contribution < 1.29 is 24.7 Å². The normalized spacial score (nSPS) is 10.7. The molecule has 1 amide bonds. The highest BCUT2D eigenvalue weighted by Gasteiger charge is 2.17. The number of para-hydroxylation sites is 1. The molecule has 2 aromatic rings. The zero-order valence-electron chi connectivity index (χ0n) is 13.0. The highest BCUT2D eigenvalue weighted by molar-refractivity contribution is 6.11. The van der Waals surface area contributed by atoms with Gasteiger partial charge in [-0.05, 0) is 29.8 Å². The van der Waals surface area contributed by atoms with E-state index in [1.54, 1.807) is 6.07 Å². The van der Waals surface area contributed by atoms with Gasteiger partial charge in [0.2, 0.25) is 0 Å². The van der Waals surface area contributed by atoms with Crippen molar-refractivity contribution in [2.24, 2.45) is 0 Å². The predicted molar refractivity (Wildman–Crippen MR) is 90.4 cm³/mol. The summed E-state index contributed by atoms with van der Waals surface area (Å²) < 4.78 is 0. The number of nitrogens with zero attached hydrogens (tertiary/aromatic N) is 2. The lowest BCUT2D eigenvalue weighted by Gasteiger charge is -2.07. The van der Waals surface area contributed by atoms with Crippen molar-refractivity contribution in [3.05, 3.63) is 69.3 Å². The van der Waals surface area contributed by atoms with E-state index in [4.69, 9.17) is 10.4 Å². The Labute approximate surface area is 146 Å².